The first-order valence-electron chi connectivity index (χ1n) is 12.2. The van der Waals surface area contributed by atoms with Crippen molar-refractivity contribution in [2.45, 2.75) is 38.5 Å². The Hall–Kier alpha value is -3.08. The van der Waals surface area contributed by atoms with Crippen LogP contribution in [0, 0.1) is 17.2 Å². The highest BCUT2D eigenvalue weighted by atomic mass is 16.5. The Morgan fingerprint density at radius 3 is 2.31 bits per heavy atom. The molecule has 0 fully saturated rings. The number of hydrogen-bond acceptors (Lipinski definition) is 7. The van der Waals surface area contributed by atoms with Gasteiger partial charge in [-0.05, 0) is 74.2 Å². The standard InChI is InChI=1S/C27H36N2O4.C2H6O/c1-21(2)27(20-28,23-10-11-25(31-4)26(19-23)32-5)13-7-14-29(3)15-12-22-8-6-9-24(18-22)33-17-16-30;1-3-2/h6,8-11,16,18-19,21H,7,12-15,17H2,1-5H3;1-2H3. The van der Waals surface area contributed by atoms with Gasteiger partial charge in [-0.2, -0.15) is 5.26 Å². The number of nitrogens with zero attached hydrogens (tertiary/aromatic N) is 2. The fourth-order valence-corrected chi connectivity index (χ4v) is 4.11. The lowest BCUT2D eigenvalue weighted by Gasteiger charge is -2.32. The summed E-state index contributed by atoms with van der Waals surface area (Å²) >= 11 is 0. The van der Waals surface area contributed by atoms with Crippen molar-refractivity contribution < 1.29 is 23.7 Å². The fraction of sp³-hybridized carbons (Fsp3) is 0.517. The minimum atomic E-state index is -0.593. The van der Waals surface area contributed by atoms with Crippen molar-refractivity contribution in [1.29, 1.82) is 5.26 Å². The van der Waals surface area contributed by atoms with Crippen molar-refractivity contribution >= 4 is 6.29 Å². The summed E-state index contributed by atoms with van der Waals surface area (Å²) in [6, 6.07) is 16.3. The van der Waals surface area contributed by atoms with E-state index >= 15 is 0 Å². The molecule has 0 N–H and O–H groups in total. The zero-order chi connectivity index (χ0) is 27.0. The predicted octanol–water partition coefficient (Wildman–Crippen LogP) is 4.92. The Labute approximate surface area is 216 Å². The van der Waals surface area contributed by atoms with Gasteiger partial charge in [0.05, 0.1) is 25.7 Å². The number of hydrogen-bond donors (Lipinski definition) is 0. The van der Waals surface area contributed by atoms with E-state index in [0.717, 1.165) is 44.2 Å². The first-order chi connectivity index (χ1) is 17.3. The van der Waals surface area contributed by atoms with E-state index in [9.17, 15) is 10.1 Å². The van der Waals surface area contributed by atoms with Crippen molar-refractivity contribution in [3.8, 4) is 23.3 Å². The van der Waals surface area contributed by atoms with Gasteiger partial charge in [-0.3, -0.25) is 4.79 Å². The summed E-state index contributed by atoms with van der Waals surface area (Å²) in [6.07, 6.45) is 3.30. The quantitative estimate of drug-likeness (QED) is 0.342. The number of carbonyl (C=O) groups excluding carboxylic acids is 1. The van der Waals surface area contributed by atoms with Gasteiger partial charge in [-0.1, -0.05) is 32.0 Å². The molecule has 0 saturated carbocycles. The molecule has 0 spiro atoms. The molecule has 7 nitrogen and oxygen atoms in total. The van der Waals surface area contributed by atoms with Crippen LogP contribution in [0.15, 0.2) is 42.5 Å². The Morgan fingerprint density at radius 1 is 1.03 bits per heavy atom. The molecule has 0 saturated heterocycles. The molecule has 198 valence electrons. The minimum absolute atomic E-state index is 0.0694. The maximum absolute atomic E-state index is 10.5. The van der Waals surface area contributed by atoms with Crippen molar-refractivity contribution in [3.63, 3.8) is 0 Å². The third-order valence-electron chi connectivity index (χ3n) is 6.19. The Kier molecular flexibility index (Phi) is 14.2. The normalized spacial score (nSPS) is 12.2. The monoisotopic (exact) mass is 498 g/mol. The molecule has 0 aliphatic carbocycles. The lowest BCUT2D eigenvalue weighted by atomic mass is 9.69. The highest BCUT2D eigenvalue weighted by Gasteiger charge is 2.36. The SMILES string of the molecule is COC.COc1ccc(C(C#N)(CCCN(C)CCc2cccc(OCC=O)c2)C(C)C)cc1OC. The molecule has 2 aromatic carbocycles. The van der Waals surface area contributed by atoms with Crippen LogP contribution in [-0.2, 0) is 21.4 Å². The smallest absolute Gasteiger partial charge is 0.161 e. The van der Waals surface area contributed by atoms with E-state index < -0.39 is 5.41 Å². The molecule has 0 heterocycles. The minimum Gasteiger partial charge on any atom is -0.493 e. The van der Waals surface area contributed by atoms with Crippen LogP contribution in [0.3, 0.4) is 0 Å². The average Bonchev–Trinajstić information content (AvgIpc) is 2.89. The van der Waals surface area contributed by atoms with Gasteiger partial charge >= 0.3 is 0 Å². The van der Waals surface area contributed by atoms with Gasteiger partial charge < -0.3 is 23.8 Å². The number of rotatable bonds is 14. The maximum atomic E-state index is 10.5. The average molecular weight is 499 g/mol. The van der Waals surface area contributed by atoms with Gasteiger partial charge in [0.2, 0.25) is 0 Å². The van der Waals surface area contributed by atoms with Gasteiger partial charge in [0.15, 0.2) is 17.8 Å². The summed E-state index contributed by atoms with van der Waals surface area (Å²) in [5.74, 6) is 2.18. The molecule has 0 aliphatic rings. The van der Waals surface area contributed by atoms with E-state index in [4.69, 9.17) is 14.2 Å². The molecule has 36 heavy (non-hydrogen) atoms. The zero-order valence-electron chi connectivity index (χ0n) is 22.9. The summed E-state index contributed by atoms with van der Waals surface area (Å²) in [5, 5.41) is 10.2. The van der Waals surface area contributed by atoms with E-state index in [1.165, 1.54) is 5.56 Å². The number of carbonyl (C=O) groups is 1. The summed E-state index contributed by atoms with van der Waals surface area (Å²) in [6.45, 7) is 6.06. The van der Waals surface area contributed by atoms with Crippen molar-refractivity contribution in [3.05, 3.63) is 53.6 Å². The molecule has 1 atom stereocenters. The maximum Gasteiger partial charge on any atom is 0.161 e. The van der Waals surface area contributed by atoms with Gasteiger partial charge in [0, 0.05) is 20.8 Å². The molecule has 2 aromatic rings. The van der Waals surface area contributed by atoms with Crippen LogP contribution in [0.2, 0.25) is 0 Å². The molecule has 0 aliphatic heterocycles. The van der Waals surface area contributed by atoms with E-state index in [-0.39, 0.29) is 12.5 Å². The number of aldehydes is 1. The Balaban J connectivity index is 0.00000205. The van der Waals surface area contributed by atoms with E-state index in [1.54, 1.807) is 28.4 Å². The van der Waals surface area contributed by atoms with Crippen LogP contribution < -0.4 is 14.2 Å². The lowest BCUT2D eigenvalue weighted by molar-refractivity contribution is -0.109. The number of ether oxygens (including phenoxy) is 4. The van der Waals surface area contributed by atoms with Gasteiger partial charge in [0.25, 0.3) is 0 Å². The van der Waals surface area contributed by atoms with Crippen LogP contribution in [0.1, 0.15) is 37.8 Å². The molecule has 0 bridgehead atoms. The summed E-state index contributed by atoms with van der Waals surface area (Å²) < 4.78 is 20.5. The first kappa shape index (κ1) is 31.0. The lowest BCUT2D eigenvalue weighted by Crippen LogP contribution is -2.32. The predicted molar refractivity (Wildman–Crippen MR) is 143 cm³/mol. The summed E-state index contributed by atoms with van der Waals surface area (Å²) in [4.78, 5) is 12.8. The largest absolute Gasteiger partial charge is 0.493 e. The fourth-order valence-electron chi connectivity index (χ4n) is 4.11. The van der Waals surface area contributed by atoms with Gasteiger partial charge in [0.1, 0.15) is 12.4 Å². The van der Waals surface area contributed by atoms with Gasteiger partial charge in [-0.15, -0.1) is 0 Å². The van der Waals surface area contributed by atoms with Crippen LogP contribution >= 0.6 is 0 Å². The molecule has 7 heteroatoms. The second-order valence-corrected chi connectivity index (χ2v) is 9.00. The highest BCUT2D eigenvalue weighted by Crippen LogP contribution is 2.40. The van der Waals surface area contributed by atoms with E-state index in [2.05, 4.69) is 42.7 Å². The zero-order valence-corrected chi connectivity index (χ0v) is 22.9. The molecule has 0 radical (unpaired) electrons. The number of likely N-dealkylation sites (N-methyl/N-ethyl adjacent to an activating group) is 1. The molecule has 0 amide bonds. The van der Waals surface area contributed by atoms with Gasteiger partial charge in [-0.25, -0.2) is 0 Å². The molecular formula is C29H42N2O5. The Bertz CT molecular complexity index is 957. The topological polar surface area (TPSA) is 81.0 Å². The summed E-state index contributed by atoms with van der Waals surface area (Å²) in [5.41, 5.74) is 1.54. The third-order valence-corrected chi connectivity index (χ3v) is 6.19. The van der Waals surface area contributed by atoms with Crippen molar-refractivity contribution in [2.24, 2.45) is 5.92 Å². The van der Waals surface area contributed by atoms with E-state index in [0.29, 0.717) is 17.2 Å². The van der Waals surface area contributed by atoms with Crippen molar-refractivity contribution in [2.75, 3.05) is 55.2 Å². The van der Waals surface area contributed by atoms with Crippen molar-refractivity contribution in [1.82, 2.24) is 4.90 Å². The Morgan fingerprint density at radius 2 is 1.72 bits per heavy atom. The van der Waals surface area contributed by atoms with Crippen LogP contribution in [-0.4, -0.2) is 66.4 Å². The molecular weight excluding hydrogens is 456 g/mol. The number of methoxy groups -OCH3 is 3. The molecule has 2 rings (SSSR count). The highest BCUT2D eigenvalue weighted by molar-refractivity contribution is 5.51. The van der Waals surface area contributed by atoms with Crippen LogP contribution in [0.5, 0.6) is 17.2 Å². The third kappa shape index (κ3) is 9.18. The molecule has 0 aromatic heterocycles. The van der Waals surface area contributed by atoms with Crippen LogP contribution in [0.4, 0.5) is 0 Å². The first-order valence-corrected chi connectivity index (χ1v) is 12.2. The number of benzene rings is 2. The second kappa shape index (κ2) is 16.6. The van der Waals surface area contributed by atoms with Crippen LogP contribution in [0.25, 0.3) is 0 Å². The second-order valence-electron chi connectivity index (χ2n) is 9.00. The van der Waals surface area contributed by atoms with E-state index in [1.807, 2.05) is 36.4 Å². The number of nitriles is 1. The molecule has 1 unspecified atom stereocenters. The summed E-state index contributed by atoms with van der Waals surface area (Å²) in [7, 11) is 8.58.